The molecule has 2 aromatic carbocycles. The van der Waals surface area contributed by atoms with Gasteiger partial charge in [-0.25, -0.2) is 10.2 Å². The number of carbonyl (C=O) groups excluding carboxylic acids is 3. The molecule has 0 saturated carbocycles. The molecule has 39 heavy (non-hydrogen) atoms. The molecule has 0 saturated heterocycles. The monoisotopic (exact) mass is 533 g/mol. The van der Waals surface area contributed by atoms with Crippen LogP contribution < -0.4 is 15.5 Å². The Kier molecular flexibility index (Phi) is 16.3. The third kappa shape index (κ3) is 16.0. The number of carbonyl (C=O) groups is 3. The van der Waals surface area contributed by atoms with Crippen LogP contribution in [0.15, 0.2) is 65.8 Å². The number of unbranched alkanes of at least 4 members (excludes halogenated alkanes) is 10. The second-order valence-corrected chi connectivity index (χ2v) is 9.59. The van der Waals surface area contributed by atoms with E-state index in [9.17, 15) is 14.4 Å². The largest absolute Gasteiger partial charge is 0.423 e. The molecule has 2 N–H and O–H groups in total. The predicted octanol–water partition coefficient (Wildman–Crippen LogP) is 6.57. The first-order valence-electron chi connectivity index (χ1n) is 14.2. The van der Waals surface area contributed by atoms with E-state index in [1.807, 2.05) is 30.3 Å². The first kappa shape index (κ1) is 31.5. The Hall–Kier alpha value is -3.74. The highest BCUT2D eigenvalue weighted by Crippen LogP contribution is 2.13. The summed E-state index contributed by atoms with van der Waals surface area (Å²) >= 11 is 0. The Bertz CT molecular complexity index is 1030. The van der Waals surface area contributed by atoms with Gasteiger partial charge in [0.2, 0.25) is 5.91 Å². The average molecular weight is 534 g/mol. The van der Waals surface area contributed by atoms with Crippen LogP contribution in [-0.4, -0.2) is 30.5 Å². The maximum Gasteiger partial charge on any atom is 0.336 e. The Morgan fingerprint density at radius 3 is 2.00 bits per heavy atom. The fourth-order valence-electron chi connectivity index (χ4n) is 3.94. The molecule has 0 atom stereocenters. The molecule has 0 radical (unpaired) electrons. The SMILES string of the molecule is CCCCCCCCCCCCCC(=O)NCC(=O)N/N=C\c1ccc(OC(=O)/C=C/c2ccccc2)cc1. The Morgan fingerprint density at radius 1 is 0.744 bits per heavy atom. The third-order valence-electron chi connectivity index (χ3n) is 6.17. The summed E-state index contributed by atoms with van der Waals surface area (Å²) < 4.78 is 5.28. The number of esters is 1. The summed E-state index contributed by atoms with van der Waals surface area (Å²) in [6, 6.07) is 16.2. The number of rotatable bonds is 19. The van der Waals surface area contributed by atoms with Crippen molar-refractivity contribution in [1.29, 1.82) is 0 Å². The van der Waals surface area contributed by atoms with E-state index in [1.54, 1.807) is 30.3 Å². The van der Waals surface area contributed by atoms with E-state index in [0.29, 0.717) is 12.2 Å². The van der Waals surface area contributed by atoms with Crippen molar-refractivity contribution in [2.45, 2.75) is 84.0 Å². The molecule has 0 unspecified atom stereocenters. The number of amides is 2. The zero-order valence-electron chi connectivity index (χ0n) is 23.2. The molecule has 2 aromatic rings. The van der Waals surface area contributed by atoms with Crippen LogP contribution in [0.3, 0.4) is 0 Å². The Labute approximate surface area is 233 Å². The maximum absolute atomic E-state index is 12.0. The minimum atomic E-state index is -0.474. The summed E-state index contributed by atoms with van der Waals surface area (Å²) in [5, 5.41) is 6.54. The molecule has 0 aliphatic heterocycles. The lowest BCUT2D eigenvalue weighted by molar-refractivity contribution is -0.129. The van der Waals surface area contributed by atoms with Crippen LogP contribution in [0.1, 0.15) is 95.1 Å². The predicted molar refractivity (Wildman–Crippen MR) is 157 cm³/mol. The van der Waals surface area contributed by atoms with Crippen LogP contribution in [0.5, 0.6) is 5.75 Å². The van der Waals surface area contributed by atoms with Gasteiger partial charge in [0.25, 0.3) is 5.91 Å². The third-order valence-corrected chi connectivity index (χ3v) is 6.17. The first-order chi connectivity index (χ1) is 19.1. The van der Waals surface area contributed by atoms with E-state index in [4.69, 9.17) is 4.74 Å². The molecule has 2 rings (SSSR count). The molecule has 2 amide bonds. The van der Waals surface area contributed by atoms with Gasteiger partial charge in [0, 0.05) is 12.5 Å². The zero-order chi connectivity index (χ0) is 28.0. The van der Waals surface area contributed by atoms with Crippen LogP contribution in [0.25, 0.3) is 6.08 Å². The van der Waals surface area contributed by atoms with Crippen LogP contribution in [-0.2, 0) is 14.4 Å². The molecule has 0 heterocycles. The van der Waals surface area contributed by atoms with Gasteiger partial charge in [-0.3, -0.25) is 9.59 Å². The minimum Gasteiger partial charge on any atom is -0.423 e. The van der Waals surface area contributed by atoms with Gasteiger partial charge < -0.3 is 10.1 Å². The summed E-state index contributed by atoms with van der Waals surface area (Å²) in [4.78, 5) is 35.9. The number of hydrogen-bond donors (Lipinski definition) is 2. The number of hydrazone groups is 1. The molecule has 7 nitrogen and oxygen atoms in total. The molecule has 0 aromatic heterocycles. The summed E-state index contributed by atoms with van der Waals surface area (Å²) in [6.07, 6.45) is 18.5. The van der Waals surface area contributed by atoms with Gasteiger partial charge in [0.05, 0.1) is 12.8 Å². The lowest BCUT2D eigenvalue weighted by Gasteiger charge is -2.05. The number of nitrogens with zero attached hydrogens (tertiary/aromatic N) is 1. The van der Waals surface area contributed by atoms with E-state index >= 15 is 0 Å². The van der Waals surface area contributed by atoms with E-state index in [-0.39, 0.29) is 12.5 Å². The Balaban J connectivity index is 1.52. The summed E-state index contributed by atoms with van der Waals surface area (Å²) in [5.41, 5.74) is 4.03. The molecule has 0 aliphatic carbocycles. The maximum atomic E-state index is 12.0. The van der Waals surface area contributed by atoms with Crippen molar-refractivity contribution in [3.63, 3.8) is 0 Å². The van der Waals surface area contributed by atoms with Crippen molar-refractivity contribution >= 4 is 30.1 Å². The van der Waals surface area contributed by atoms with Crippen LogP contribution >= 0.6 is 0 Å². The van der Waals surface area contributed by atoms with Crippen molar-refractivity contribution < 1.29 is 19.1 Å². The van der Waals surface area contributed by atoms with Gasteiger partial charge in [-0.1, -0.05) is 101 Å². The molecule has 0 bridgehead atoms. The number of hydrogen-bond acceptors (Lipinski definition) is 5. The van der Waals surface area contributed by atoms with Gasteiger partial charge in [-0.05, 0) is 47.9 Å². The average Bonchev–Trinajstić information content (AvgIpc) is 2.95. The summed E-state index contributed by atoms with van der Waals surface area (Å²) in [6.45, 7) is 2.13. The zero-order valence-corrected chi connectivity index (χ0v) is 23.2. The molecule has 0 fully saturated rings. The van der Waals surface area contributed by atoms with Crippen molar-refractivity contribution in [2.75, 3.05) is 6.54 Å². The fourth-order valence-corrected chi connectivity index (χ4v) is 3.94. The molecular weight excluding hydrogens is 490 g/mol. The highest BCUT2D eigenvalue weighted by Gasteiger charge is 2.05. The molecule has 210 valence electrons. The van der Waals surface area contributed by atoms with Gasteiger partial charge in [-0.15, -0.1) is 0 Å². The molecule has 0 aliphatic rings. The van der Waals surface area contributed by atoms with Crippen molar-refractivity contribution in [2.24, 2.45) is 5.10 Å². The van der Waals surface area contributed by atoms with Crippen LogP contribution in [0, 0.1) is 0 Å². The molecular formula is C32H43N3O4. The molecule has 0 spiro atoms. The van der Waals surface area contributed by atoms with Gasteiger partial charge >= 0.3 is 5.97 Å². The van der Waals surface area contributed by atoms with Gasteiger partial charge in [-0.2, -0.15) is 5.10 Å². The number of ether oxygens (including phenoxy) is 1. The van der Waals surface area contributed by atoms with E-state index < -0.39 is 11.9 Å². The lowest BCUT2D eigenvalue weighted by atomic mass is 10.1. The number of nitrogens with one attached hydrogen (secondary N) is 2. The smallest absolute Gasteiger partial charge is 0.336 e. The second-order valence-electron chi connectivity index (χ2n) is 9.59. The Morgan fingerprint density at radius 2 is 1.36 bits per heavy atom. The summed E-state index contributed by atoms with van der Waals surface area (Å²) in [7, 11) is 0. The van der Waals surface area contributed by atoms with Gasteiger partial charge in [0.15, 0.2) is 0 Å². The minimum absolute atomic E-state index is 0.112. The number of benzene rings is 2. The topological polar surface area (TPSA) is 96.9 Å². The molecule has 7 heteroatoms. The van der Waals surface area contributed by atoms with Crippen LogP contribution in [0.4, 0.5) is 0 Å². The van der Waals surface area contributed by atoms with E-state index in [1.165, 1.54) is 63.7 Å². The normalized spacial score (nSPS) is 11.1. The van der Waals surface area contributed by atoms with Crippen molar-refractivity contribution in [1.82, 2.24) is 10.7 Å². The van der Waals surface area contributed by atoms with Crippen molar-refractivity contribution in [3.8, 4) is 5.75 Å². The highest BCUT2D eigenvalue weighted by atomic mass is 16.5. The van der Waals surface area contributed by atoms with Crippen LogP contribution in [0.2, 0.25) is 0 Å². The fraction of sp³-hybridized carbons (Fsp3) is 0.438. The van der Waals surface area contributed by atoms with Gasteiger partial charge in [0.1, 0.15) is 5.75 Å². The first-order valence-corrected chi connectivity index (χ1v) is 14.2. The standard InChI is InChI=1S/C32H43N3O4/c1-2-3-4-5-6-7-8-9-10-11-15-18-30(36)33-26-31(37)35-34-25-28-19-22-29(23-20-28)39-32(38)24-21-27-16-13-12-14-17-27/h12-14,16-17,19-25H,2-11,15,18,26H2,1H3,(H,33,36)(H,35,37)/b24-21+,34-25-. The van der Waals surface area contributed by atoms with Crippen molar-refractivity contribution in [3.05, 3.63) is 71.8 Å². The lowest BCUT2D eigenvalue weighted by Crippen LogP contribution is -2.34. The van der Waals surface area contributed by atoms with E-state index in [0.717, 1.165) is 30.4 Å². The van der Waals surface area contributed by atoms with E-state index in [2.05, 4.69) is 22.8 Å². The highest BCUT2D eigenvalue weighted by molar-refractivity contribution is 5.89. The second kappa shape index (κ2) is 20.3. The summed E-state index contributed by atoms with van der Waals surface area (Å²) in [5.74, 6) is -0.583. The quantitative estimate of drug-likeness (QED) is 0.0533.